The van der Waals surface area contributed by atoms with E-state index in [9.17, 15) is 42.6 Å². The first-order chi connectivity index (χ1) is 21.3. The highest BCUT2D eigenvalue weighted by Gasteiger charge is 2.27. The zero-order valence-electron chi connectivity index (χ0n) is 22.8. The molecule has 2 heterocycles. The summed E-state index contributed by atoms with van der Waals surface area (Å²) in [4.78, 5) is 63.2. The van der Waals surface area contributed by atoms with Gasteiger partial charge in [0.25, 0.3) is 11.8 Å². The van der Waals surface area contributed by atoms with Gasteiger partial charge in [-0.05, 0) is 42.6 Å². The summed E-state index contributed by atoms with van der Waals surface area (Å²) in [7, 11) is -5.12. The highest BCUT2D eigenvalue weighted by molar-refractivity contribution is 7.60. The molecular weight excluding hydrogens is 619 g/mol. The third-order valence-electron chi connectivity index (χ3n) is 6.01. The predicted octanol–water partition coefficient (Wildman–Crippen LogP) is 2.47. The molecule has 5 N–H and O–H groups in total. The minimum absolute atomic E-state index is 0.133. The number of anilines is 2. The van der Waals surface area contributed by atoms with Crippen molar-refractivity contribution in [1.82, 2.24) is 19.7 Å². The number of nitrogens with one attached hydrogen (secondary N) is 2. The molecule has 0 fully saturated rings. The third-order valence-corrected chi connectivity index (χ3v) is 7.01. The predicted molar refractivity (Wildman–Crippen MR) is 155 cm³/mol. The monoisotopic (exact) mass is 641 g/mol. The molecule has 45 heavy (non-hydrogen) atoms. The van der Waals surface area contributed by atoms with Crippen LogP contribution in [0.15, 0.2) is 72.4 Å². The van der Waals surface area contributed by atoms with Gasteiger partial charge < -0.3 is 30.3 Å². The zero-order valence-corrected chi connectivity index (χ0v) is 23.7. The second-order valence-electron chi connectivity index (χ2n) is 9.00. The fraction of sp³-hybridized carbons (Fsp3) is 0.0741. The summed E-state index contributed by atoms with van der Waals surface area (Å²) in [5.74, 6) is -5.76. The molecule has 2 aromatic heterocycles. The Morgan fingerprint density at radius 2 is 1.80 bits per heavy atom. The van der Waals surface area contributed by atoms with Crippen molar-refractivity contribution >= 4 is 48.8 Å². The van der Waals surface area contributed by atoms with Crippen LogP contribution in [0.25, 0.3) is 5.82 Å². The van der Waals surface area contributed by atoms with E-state index in [1.165, 1.54) is 29.2 Å². The van der Waals surface area contributed by atoms with E-state index >= 15 is 0 Å². The largest absolute Gasteiger partial charge is 0.490 e. The van der Waals surface area contributed by atoms with Crippen LogP contribution in [0.1, 0.15) is 26.4 Å². The number of carbonyl (C=O) groups is 3. The van der Waals surface area contributed by atoms with E-state index in [1.807, 2.05) is 0 Å². The van der Waals surface area contributed by atoms with Crippen molar-refractivity contribution < 1.29 is 47.4 Å². The SMILES string of the molecule is C=NC(=C)C(=O)Nc1cc(CCOc2cc(NC(=O)c3ccc(-n4ccnc4)nn3)c(P(=O)(O)O)cc2F)c(F)cc1C(=O)O. The molecule has 0 atom stereocenters. The normalized spacial score (nSPS) is 11.0. The minimum Gasteiger partial charge on any atom is -0.490 e. The number of imidazole rings is 1. The Labute approximate surface area is 252 Å². The van der Waals surface area contributed by atoms with Crippen molar-refractivity contribution in [2.24, 2.45) is 4.99 Å². The maximum Gasteiger partial charge on any atom is 0.358 e. The molecule has 0 bridgehead atoms. The molecule has 4 rings (SSSR count). The highest BCUT2D eigenvalue weighted by Crippen LogP contribution is 2.39. The van der Waals surface area contributed by atoms with Crippen molar-refractivity contribution in [3.63, 3.8) is 0 Å². The van der Waals surface area contributed by atoms with Gasteiger partial charge in [0.15, 0.2) is 23.1 Å². The van der Waals surface area contributed by atoms with Gasteiger partial charge in [-0.2, -0.15) is 0 Å². The standard InChI is InChI=1S/C27H22F2N7O8P/c1-14(30-2)25(37)32-20-9-15(17(28)10-16(20)27(39)40)5-8-44-22-12-21(23(11-18(22)29)45(41,42)43)33-26(38)19-3-4-24(35-34-19)36-7-6-31-13-36/h3-4,6-7,9-13H,1-2,5,8H2,(H,32,37)(H,33,38)(H,39,40)(H2,41,42,43). The van der Waals surface area contributed by atoms with Crippen LogP contribution < -0.4 is 20.7 Å². The van der Waals surface area contributed by atoms with Crippen LogP contribution >= 0.6 is 7.60 Å². The number of amides is 2. The van der Waals surface area contributed by atoms with E-state index < -0.39 is 65.9 Å². The summed E-state index contributed by atoms with van der Waals surface area (Å²) in [5.41, 5.74) is -2.04. The number of aromatic nitrogens is 4. The molecule has 15 nitrogen and oxygen atoms in total. The van der Waals surface area contributed by atoms with Crippen molar-refractivity contribution in [3.05, 3.63) is 95.9 Å². The van der Waals surface area contributed by atoms with Crippen LogP contribution in [0.3, 0.4) is 0 Å². The number of aliphatic imine (C=N–C) groups is 1. The molecule has 0 radical (unpaired) electrons. The number of carboxylic acids is 1. The van der Waals surface area contributed by atoms with Gasteiger partial charge in [0, 0.05) is 24.9 Å². The van der Waals surface area contributed by atoms with Crippen LogP contribution in [0.2, 0.25) is 0 Å². The summed E-state index contributed by atoms with van der Waals surface area (Å²) < 4.78 is 48.5. The molecule has 0 unspecified atom stereocenters. The van der Waals surface area contributed by atoms with Gasteiger partial charge in [0.1, 0.15) is 17.8 Å². The number of ether oxygens (including phenoxy) is 1. The first kappa shape index (κ1) is 32.3. The highest BCUT2D eigenvalue weighted by atomic mass is 31.2. The van der Waals surface area contributed by atoms with Gasteiger partial charge in [0.05, 0.1) is 28.8 Å². The van der Waals surface area contributed by atoms with E-state index in [0.717, 1.165) is 12.1 Å². The maximum absolute atomic E-state index is 14.8. The summed E-state index contributed by atoms with van der Waals surface area (Å²) in [6.45, 7) is 6.06. The lowest BCUT2D eigenvalue weighted by Crippen LogP contribution is -2.21. The number of halogens is 2. The number of rotatable bonds is 12. The molecule has 0 saturated heterocycles. The number of carboxylic acid groups (broad SMARTS) is 1. The van der Waals surface area contributed by atoms with Crippen LogP contribution in [-0.4, -0.2) is 65.7 Å². The van der Waals surface area contributed by atoms with E-state index in [2.05, 4.69) is 44.1 Å². The van der Waals surface area contributed by atoms with Crippen molar-refractivity contribution in [2.75, 3.05) is 17.2 Å². The second-order valence-corrected chi connectivity index (χ2v) is 10.6. The molecule has 0 aliphatic carbocycles. The fourth-order valence-corrected chi connectivity index (χ4v) is 4.50. The number of aromatic carboxylic acids is 1. The fourth-order valence-electron chi connectivity index (χ4n) is 3.79. The molecule has 0 aliphatic rings. The molecule has 18 heteroatoms. The molecular formula is C27H22F2N7O8P. The van der Waals surface area contributed by atoms with Gasteiger partial charge in [0.2, 0.25) is 0 Å². The van der Waals surface area contributed by atoms with Crippen molar-refractivity contribution in [3.8, 4) is 11.6 Å². The quantitative estimate of drug-likeness (QED) is 0.0860. The zero-order chi connectivity index (χ0) is 32.9. The summed E-state index contributed by atoms with van der Waals surface area (Å²) >= 11 is 0. The van der Waals surface area contributed by atoms with Gasteiger partial charge >= 0.3 is 13.6 Å². The number of hydrogen-bond donors (Lipinski definition) is 5. The van der Waals surface area contributed by atoms with E-state index in [4.69, 9.17) is 4.74 Å². The lowest BCUT2D eigenvalue weighted by molar-refractivity contribution is -0.112. The lowest BCUT2D eigenvalue weighted by Gasteiger charge is -2.16. The number of nitrogens with zero attached hydrogens (tertiary/aromatic N) is 5. The Balaban J connectivity index is 1.54. The Morgan fingerprint density at radius 3 is 2.40 bits per heavy atom. The van der Waals surface area contributed by atoms with Gasteiger partial charge in [-0.1, -0.05) is 6.58 Å². The molecule has 4 aromatic rings. The summed E-state index contributed by atoms with van der Waals surface area (Å²) in [6, 6.07) is 5.76. The Hall–Kier alpha value is -5.64. The average Bonchev–Trinajstić information content (AvgIpc) is 3.54. The Kier molecular flexibility index (Phi) is 9.57. The molecule has 0 spiro atoms. The van der Waals surface area contributed by atoms with Gasteiger partial charge in [-0.25, -0.2) is 18.6 Å². The average molecular weight is 641 g/mol. The van der Waals surface area contributed by atoms with Crippen LogP contribution in [-0.2, 0) is 15.8 Å². The summed E-state index contributed by atoms with van der Waals surface area (Å²) in [5, 5.41) is 20.7. The minimum atomic E-state index is -5.12. The van der Waals surface area contributed by atoms with E-state index in [1.54, 1.807) is 6.20 Å². The van der Waals surface area contributed by atoms with Gasteiger partial charge in [-0.3, -0.25) is 23.7 Å². The van der Waals surface area contributed by atoms with Crippen LogP contribution in [0.4, 0.5) is 20.2 Å². The second kappa shape index (κ2) is 13.3. The molecule has 0 aliphatic heterocycles. The van der Waals surface area contributed by atoms with Crippen LogP contribution in [0.5, 0.6) is 5.75 Å². The number of benzene rings is 2. The molecule has 232 valence electrons. The summed E-state index contributed by atoms with van der Waals surface area (Å²) in [6.07, 6.45) is 4.26. The number of carbonyl (C=O) groups excluding carboxylic acids is 2. The van der Waals surface area contributed by atoms with E-state index in [-0.39, 0.29) is 29.1 Å². The molecule has 0 saturated carbocycles. The Morgan fingerprint density at radius 1 is 1.04 bits per heavy atom. The van der Waals surface area contributed by atoms with Crippen LogP contribution in [0, 0.1) is 11.6 Å². The van der Waals surface area contributed by atoms with E-state index in [0.29, 0.717) is 18.0 Å². The first-order valence-electron chi connectivity index (χ1n) is 12.5. The maximum atomic E-state index is 14.8. The Bertz CT molecular complexity index is 1860. The van der Waals surface area contributed by atoms with Crippen molar-refractivity contribution in [2.45, 2.75) is 6.42 Å². The molecule has 2 aromatic carbocycles. The van der Waals surface area contributed by atoms with Crippen molar-refractivity contribution in [1.29, 1.82) is 0 Å². The van der Waals surface area contributed by atoms with Gasteiger partial charge in [-0.15, -0.1) is 10.2 Å². The first-order valence-corrected chi connectivity index (χ1v) is 14.1. The smallest absolute Gasteiger partial charge is 0.358 e. The lowest BCUT2D eigenvalue weighted by atomic mass is 10.1. The third kappa shape index (κ3) is 7.66. The molecule has 2 amide bonds. The topological polar surface area (TPSA) is 218 Å². The number of hydrogen-bond acceptors (Lipinski definition) is 9.